The van der Waals surface area contributed by atoms with E-state index in [0.29, 0.717) is 6.07 Å². The highest BCUT2D eigenvalue weighted by Gasteiger charge is 2.45. The van der Waals surface area contributed by atoms with Gasteiger partial charge in [-0.1, -0.05) is 0 Å². The highest BCUT2D eigenvalue weighted by molar-refractivity contribution is 7.93. The molecule has 0 radical (unpaired) electrons. The van der Waals surface area contributed by atoms with E-state index in [1.165, 1.54) is 13.8 Å². The van der Waals surface area contributed by atoms with Crippen molar-refractivity contribution in [1.82, 2.24) is 4.98 Å². The molecule has 1 aliphatic rings. The van der Waals surface area contributed by atoms with Gasteiger partial charge >= 0.3 is 0 Å². The van der Waals surface area contributed by atoms with Gasteiger partial charge in [0.2, 0.25) is 0 Å². The summed E-state index contributed by atoms with van der Waals surface area (Å²) < 4.78 is 79.9. The fourth-order valence-electron chi connectivity index (χ4n) is 2.79. The van der Waals surface area contributed by atoms with Crippen molar-refractivity contribution in [2.45, 2.75) is 24.6 Å². The monoisotopic (exact) mass is 444 g/mol. The Labute approximate surface area is 168 Å². The number of amides is 1. The van der Waals surface area contributed by atoms with E-state index in [2.05, 4.69) is 9.98 Å². The number of nitrogens with two attached hydrogens (primary N) is 1. The van der Waals surface area contributed by atoms with Crippen molar-refractivity contribution in [3.63, 3.8) is 0 Å². The minimum Gasteiger partial charge on any atom is -0.386 e. The van der Waals surface area contributed by atoms with Crippen molar-refractivity contribution >= 4 is 27.3 Å². The molecule has 1 aromatic heterocycles. The van der Waals surface area contributed by atoms with Crippen LogP contribution in [-0.2, 0) is 9.84 Å². The third kappa shape index (κ3) is 3.62. The number of carbonyl (C=O) groups is 1. The van der Waals surface area contributed by atoms with Gasteiger partial charge in [-0.05, 0) is 26.0 Å². The summed E-state index contributed by atoms with van der Waals surface area (Å²) >= 11 is 0. The molecule has 0 saturated carbocycles. The van der Waals surface area contributed by atoms with E-state index in [4.69, 9.17) is 5.73 Å². The molecule has 7 nitrogen and oxygen atoms in total. The van der Waals surface area contributed by atoms with Crippen LogP contribution < -0.4 is 11.1 Å². The minimum absolute atomic E-state index is 0.314. The fraction of sp³-hybridized carbons (Fsp3) is 0.278. The minimum atomic E-state index is -3.98. The number of sulfone groups is 1. The Hall–Kier alpha value is -3.02. The van der Waals surface area contributed by atoms with Gasteiger partial charge in [0.1, 0.15) is 22.1 Å². The van der Waals surface area contributed by atoms with Gasteiger partial charge in [-0.2, -0.15) is 0 Å². The number of benzene rings is 1. The van der Waals surface area contributed by atoms with Gasteiger partial charge < -0.3 is 11.1 Å². The van der Waals surface area contributed by atoms with Gasteiger partial charge in [-0.15, -0.1) is 0 Å². The largest absolute Gasteiger partial charge is 0.386 e. The molecule has 2 heterocycles. The first-order chi connectivity index (χ1) is 13.8. The van der Waals surface area contributed by atoms with Crippen molar-refractivity contribution < 1.29 is 30.8 Å². The Morgan fingerprint density at radius 2 is 1.87 bits per heavy atom. The summed E-state index contributed by atoms with van der Waals surface area (Å²) in [7, 11) is -3.98. The number of amidine groups is 1. The molecule has 0 bridgehead atoms. The molecule has 1 amide bonds. The maximum atomic E-state index is 15.0. The van der Waals surface area contributed by atoms with Crippen LogP contribution in [0, 0.1) is 23.3 Å². The first kappa shape index (κ1) is 21.7. The van der Waals surface area contributed by atoms with Crippen molar-refractivity contribution in [1.29, 1.82) is 0 Å². The van der Waals surface area contributed by atoms with Crippen molar-refractivity contribution in [3.05, 3.63) is 58.9 Å². The number of hydrogen-bond acceptors (Lipinski definition) is 6. The van der Waals surface area contributed by atoms with E-state index in [9.17, 15) is 26.4 Å². The molecule has 1 aliphatic heterocycles. The SMILES string of the molecule is CC1(C)C(N)=N[C@H](c2c(F)c(F)cc(NC(=O)c3ccc(F)cn3)c2F)CS1(=O)=O. The molecule has 12 heteroatoms. The smallest absolute Gasteiger partial charge is 0.274 e. The number of carbonyl (C=O) groups excluding carboxylic acids is 1. The number of nitrogens with zero attached hydrogens (tertiary/aromatic N) is 2. The fourth-order valence-corrected chi connectivity index (χ4v) is 4.23. The summed E-state index contributed by atoms with van der Waals surface area (Å²) in [6.07, 6.45) is 0.744. The Morgan fingerprint density at radius 1 is 1.20 bits per heavy atom. The van der Waals surface area contributed by atoms with Crippen LogP contribution in [-0.4, -0.2) is 35.6 Å². The first-order valence-electron chi connectivity index (χ1n) is 8.51. The third-order valence-corrected chi connectivity index (χ3v) is 7.32. The Balaban J connectivity index is 2.05. The highest BCUT2D eigenvalue weighted by Crippen LogP contribution is 2.37. The molecular weight excluding hydrogens is 428 g/mol. The van der Waals surface area contributed by atoms with E-state index >= 15 is 4.39 Å². The van der Waals surface area contributed by atoms with Crippen LogP contribution in [0.15, 0.2) is 29.4 Å². The predicted octanol–water partition coefficient (Wildman–Crippen LogP) is 2.50. The van der Waals surface area contributed by atoms with Gasteiger partial charge in [-0.3, -0.25) is 9.79 Å². The summed E-state index contributed by atoms with van der Waals surface area (Å²) in [6.45, 7) is 2.58. The number of rotatable bonds is 3. The molecular formula is C18H16F4N4O3S. The third-order valence-electron chi connectivity index (χ3n) is 4.80. The van der Waals surface area contributed by atoms with Crippen LogP contribution >= 0.6 is 0 Å². The molecule has 160 valence electrons. The van der Waals surface area contributed by atoms with Gasteiger partial charge in [0.25, 0.3) is 5.91 Å². The Bertz CT molecular complexity index is 1160. The van der Waals surface area contributed by atoms with E-state index in [1.807, 2.05) is 5.32 Å². The van der Waals surface area contributed by atoms with Crippen LogP contribution in [0.5, 0.6) is 0 Å². The topological polar surface area (TPSA) is 115 Å². The lowest BCUT2D eigenvalue weighted by Gasteiger charge is -2.32. The van der Waals surface area contributed by atoms with Crippen LogP contribution in [0.2, 0.25) is 0 Å². The van der Waals surface area contributed by atoms with E-state index in [1.54, 1.807) is 0 Å². The molecule has 30 heavy (non-hydrogen) atoms. The molecule has 1 aromatic carbocycles. The number of pyridine rings is 1. The van der Waals surface area contributed by atoms with Crippen LogP contribution in [0.1, 0.15) is 35.9 Å². The average Bonchev–Trinajstić information content (AvgIpc) is 2.65. The molecule has 0 fully saturated rings. The summed E-state index contributed by atoms with van der Waals surface area (Å²) in [5.74, 6) is -7.54. The van der Waals surface area contributed by atoms with Gasteiger partial charge in [-0.25, -0.2) is 31.0 Å². The van der Waals surface area contributed by atoms with Gasteiger partial charge in [0.15, 0.2) is 27.3 Å². The number of anilines is 1. The van der Waals surface area contributed by atoms with Crippen molar-refractivity contribution in [2.75, 3.05) is 11.1 Å². The van der Waals surface area contributed by atoms with Crippen molar-refractivity contribution in [3.8, 4) is 0 Å². The lowest BCUT2D eigenvalue weighted by atomic mass is 10.0. The molecule has 3 rings (SSSR count). The number of aromatic nitrogens is 1. The Kier molecular flexibility index (Phi) is 5.31. The second-order valence-corrected chi connectivity index (χ2v) is 9.67. The summed E-state index contributed by atoms with van der Waals surface area (Å²) in [6, 6.07) is 0.674. The van der Waals surface area contributed by atoms with Crippen LogP contribution in [0.3, 0.4) is 0 Å². The highest BCUT2D eigenvalue weighted by atomic mass is 32.2. The zero-order valence-corrected chi connectivity index (χ0v) is 16.5. The van der Waals surface area contributed by atoms with Crippen LogP contribution in [0.25, 0.3) is 0 Å². The van der Waals surface area contributed by atoms with Gasteiger partial charge in [0, 0.05) is 6.07 Å². The van der Waals surface area contributed by atoms with Crippen LogP contribution in [0.4, 0.5) is 23.2 Å². The lowest BCUT2D eigenvalue weighted by Crippen LogP contribution is -2.50. The molecule has 1 atom stereocenters. The molecule has 0 spiro atoms. The second kappa shape index (κ2) is 7.35. The normalized spacial score (nSPS) is 19.8. The summed E-state index contributed by atoms with van der Waals surface area (Å²) in [5.41, 5.74) is 3.62. The predicted molar refractivity (Wildman–Crippen MR) is 101 cm³/mol. The maximum Gasteiger partial charge on any atom is 0.274 e. The second-order valence-electron chi connectivity index (χ2n) is 7.09. The molecule has 0 saturated heterocycles. The van der Waals surface area contributed by atoms with E-state index in [0.717, 1.165) is 18.3 Å². The van der Waals surface area contributed by atoms with E-state index in [-0.39, 0.29) is 11.5 Å². The van der Waals surface area contributed by atoms with E-state index < -0.39 is 66.8 Å². The quantitative estimate of drug-likeness (QED) is 0.558. The zero-order valence-electron chi connectivity index (χ0n) is 15.7. The lowest BCUT2D eigenvalue weighted by molar-refractivity contribution is 0.102. The zero-order chi connectivity index (χ0) is 22.4. The number of aliphatic imine (C=N–C) groups is 1. The molecule has 0 unspecified atom stereocenters. The molecule has 0 aliphatic carbocycles. The molecule has 2 aromatic rings. The van der Waals surface area contributed by atoms with Gasteiger partial charge in [0.05, 0.1) is 29.2 Å². The average molecular weight is 444 g/mol. The standard InChI is InChI=1S/C18H16F4N4O3S/c1-18(2)17(23)26-12(7-30(18,28)29)13-14(21)9(20)5-11(15(13)22)25-16(27)10-4-3-8(19)6-24-10/h3-6,12H,7H2,1-2H3,(H2,23,26)(H,25,27)/t12-/m0/s1. The number of nitrogens with one attached hydrogen (secondary N) is 1. The number of halogens is 4. The summed E-state index contributed by atoms with van der Waals surface area (Å²) in [5, 5.41) is 2.01. The first-order valence-corrected chi connectivity index (χ1v) is 10.2. The summed E-state index contributed by atoms with van der Waals surface area (Å²) in [4.78, 5) is 19.5. The molecule has 3 N–H and O–H groups in total. The van der Waals surface area contributed by atoms with Crippen molar-refractivity contribution in [2.24, 2.45) is 10.7 Å². The maximum absolute atomic E-state index is 15.0. The number of hydrogen-bond donors (Lipinski definition) is 2. The Morgan fingerprint density at radius 3 is 2.43 bits per heavy atom.